The van der Waals surface area contributed by atoms with Crippen molar-refractivity contribution in [3.05, 3.63) is 28.6 Å². The molecule has 0 aliphatic heterocycles. The molecule has 0 radical (unpaired) electrons. The first-order valence-electron chi connectivity index (χ1n) is 4.62. The summed E-state index contributed by atoms with van der Waals surface area (Å²) in [5, 5.41) is 1.08. The van der Waals surface area contributed by atoms with Gasteiger partial charge >= 0.3 is 0 Å². The maximum absolute atomic E-state index is 5.38. The molecule has 0 bridgehead atoms. The highest BCUT2D eigenvalue weighted by Crippen LogP contribution is 2.24. The Balaban J connectivity index is 2.50. The van der Waals surface area contributed by atoms with Gasteiger partial charge in [-0.25, -0.2) is 0 Å². The fourth-order valence-corrected chi connectivity index (χ4v) is 1.91. The van der Waals surface area contributed by atoms with Crippen molar-refractivity contribution in [3.63, 3.8) is 0 Å². The molecule has 76 valence electrons. The Labute approximate surface area is 96.2 Å². The molecule has 0 spiro atoms. The number of fused-ring (bicyclic) bond motifs is 1. The van der Waals surface area contributed by atoms with Crippen LogP contribution in [0.2, 0.25) is 0 Å². The van der Waals surface area contributed by atoms with Crippen molar-refractivity contribution >= 4 is 26.8 Å². The maximum atomic E-state index is 5.38. The third-order valence-electron chi connectivity index (χ3n) is 2.03. The van der Waals surface area contributed by atoms with E-state index in [4.69, 9.17) is 5.73 Å². The molecule has 2 rings (SSSR count). The lowest BCUT2D eigenvalue weighted by Crippen LogP contribution is -1.95. The fourth-order valence-electron chi connectivity index (χ4n) is 1.37. The lowest BCUT2D eigenvalue weighted by Gasteiger charge is -1.93. The molecule has 2 aromatic rings. The Kier molecular flexibility index (Phi) is 3.05. The van der Waals surface area contributed by atoms with Crippen molar-refractivity contribution in [2.45, 2.75) is 6.42 Å². The molecule has 0 aromatic carbocycles. The van der Waals surface area contributed by atoms with Crippen LogP contribution in [0, 0.1) is 11.8 Å². The quantitative estimate of drug-likeness (QED) is 0.774. The van der Waals surface area contributed by atoms with Crippen molar-refractivity contribution in [1.29, 1.82) is 0 Å². The Bertz CT molecular complexity index is 533. The zero-order valence-electron chi connectivity index (χ0n) is 8.05. The Morgan fingerprint density at radius 3 is 3.13 bits per heavy atom. The number of aromatic amines is 1. The van der Waals surface area contributed by atoms with Crippen LogP contribution in [-0.2, 0) is 0 Å². The molecule has 2 aromatic heterocycles. The monoisotopic (exact) mass is 263 g/mol. The molecule has 0 saturated heterocycles. The third-order valence-corrected chi connectivity index (χ3v) is 2.63. The molecule has 0 unspecified atom stereocenters. The topological polar surface area (TPSA) is 54.7 Å². The second kappa shape index (κ2) is 4.47. The van der Waals surface area contributed by atoms with E-state index in [1.807, 2.05) is 6.20 Å². The number of nitrogens with two attached hydrogens (primary N) is 1. The van der Waals surface area contributed by atoms with Crippen LogP contribution in [0.4, 0.5) is 0 Å². The van der Waals surface area contributed by atoms with E-state index in [1.54, 1.807) is 12.4 Å². The van der Waals surface area contributed by atoms with Crippen molar-refractivity contribution in [3.8, 4) is 11.8 Å². The highest BCUT2D eigenvalue weighted by atomic mass is 79.9. The van der Waals surface area contributed by atoms with Crippen LogP contribution in [-0.4, -0.2) is 16.5 Å². The van der Waals surface area contributed by atoms with Crippen LogP contribution in [0.5, 0.6) is 0 Å². The van der Waals surface area contributed by atoms with E-state index in [-0.39, 0.29) is 0 Å². The molecule has 3 nitrogen and oxygen atoms in total. The van der Waals surface area contributed by atoms with Crippen LogP contribution in [0.1, 0.15) is 12.0 Å². The summed E-state index contributed by atoms with van der Waals surface area (Å²) in [5.74, 6) is 6.11. The van der Waals surface area contributed by atoms with Gasteiger partial charge in [-0.3, -0.25) is 4.98 Å². The lowest BCUT2D eigenvalue weighted by atomic mass is 10.2. The summed E-state index contributed by atoms with van der Waals surface area (Å²) < 4.78 is 0.957. The molecule has 4 heteroatoms. The summed E-state index contributed by atoms with van der Waals surface area (Å²) >= 11 is 3.46. The molecule has 0 atom stereocenters. The average molecular weight is 264 g/mol. The van der Waals surface area contributed by atoms with E-state index in [9.17, 15) is 0 Å². The van der Waals surface area contributed by atoms with Crippen molar-refractivity contribution in [2.24, 2.45) is 5.73 Å². The Morgan fingerprint density at radius 1 is 1.47 bits per heavy atom. The second-order valence-corrected chi connectivity index (χ2v) is 3.94. The highest BCUT2D eigenvalue weighted by Gasteiger charge is 2.04. The van der Waals surface area contributed by atoms with Gasteiger partial charge in [0.15, 0.2) is 0 Å². The molecular formula is C11H10BrN3. The van der Waals surface area contributed by atoms with E-state index in [1.165, 1.54) is 0 Å². The largest absolute Gasteiger partial charge is 0.359 e. The van der Waals surface area contributed by atoms with Crippen molar-refractivity contribution in [1.82, 2.24) is 9.97 Å². The first-order valence-corrected chi connectivity index (χ1v) is 5.41. The van der Waals surface area contributed by atoms with Gasteiger partial charge in [-0.2, -0.15) is 0 Å². The number of nitrogens with one attached hydrogen (secondary N) is 1. The number of halogens is 1. The van der Waals surface area contributed by atoms with E-state index in [0.717, 1.165) is 27.4 Å². The van der Waals surface area contributed by atoms with Gasteiger partial charge in [-0.1, -0.05) is 11.8 Å². The zero-order valence-corrected chi connectivity index (χ0v) is 9.63. The van der Waals surface area contributed by atoms with E-state index in [2.05, 4.69) is 37.7 Å². The van der Waals surface area contributed by atoms with Gasteiger partial charge in [-0.15, -0.1) is 0 Å². The van der Waals surface area contributed by atoms with Crippen LogP contribution in [0.25, 0.3) is 10.9 Å². The third kappa shape index (κ3) is 2.04. The van der Waals surface area contributed by atoms with Gasteiger partial charge in [0.25, 0.3) is 0 Å². The number of rotatable bonds is 1. The van der Waals surface area contributed by atoms with E-state index >= 15 is 0 Å². The molecule has 0 saturated carbocycles. The maximum Gasteiger partial charge on any atom is 0.0664 e. The number of nitrogens with zero attached hydrogens (tertiary/aromatic N) is 1. The minimum Gasteiger partial charge on any atom is -0.359 e. The summed E-state index contributed by atoms with van der Waals surface area (Å²) in [6.45, 7) is 0.595. The minimum atomic E-state index is 0.595. The fraction of sp³-hybridized carbons (Fsp3) is 0.182. The zero-order chi connectivity index (χ0) is 10.7. The van der Waals surface area contributed by atoms with Crippen LogP contribution < -0.4 is 5.73 Å². The predicted molar refractivity (Wildman–Crippen MR) is 64.3 cm³/mol. The minimum absolute atomic E-state index is 0.595. The van der Waals surface area contributed by atoms with E-state index < -0.39 is 0 Å². The molecule has 0 amide bonds. The predicted octanol–water partition coefficient (Wildman–Crippen LogP) is 2.03. The molecule has 15 heavy (non-hydrogen) atoms. The molecule has 2 heterocycles. The first-order chi connectivity index (χ1) is 7.33. The van der Waals surface area contributed by atoms with Crippen LogP contribution >= 0.6 is 15.9 Å². The SMILES string of the molecule is NCCC#Cc1c[nH]c2cncc(Br)c12. The summed E-state index contributed by atoms with van der Waals surface area (Å²) in [5.41, 5.74) is 7.35. The number of aromatic nitrogens is 2. The number of hydrogen-bond donors (Lipinski definition) is 2. The normalized spacial score (nSPS) is 10.0. The first kappa shape index (κ1) is 10.2. The molecule has 0 aliphatic carbocycles. The van der Waals surface area contributed by atoms with Gasteiger partial charge in [-0.05, 0) is 15.9 Å². The van der Waals surface area contributed by atoms with Crippen LogP contribution in [0.15, 0.2) is 23.1 Å². The smallest absolute Gasteiger partial charge is 0.0664 e. The summed E-state index contributed by atoms with van der Waals surface area (Å²) in [6.07, 6.45) is 6.16. The molecule has 3 N–H and O–H groups in total. The van der Waals surface area contributed by atoms with Gasteiger partial charge in [0.1, 0.15) is 0 Å². The Morgan fingerprint density at radius 2 is 2.33 bits per heavy atom. The number of pyridine rings is 1. The van der Waals surface area contributed by atoms with Gasteiger partial charge in [0.05, 0.1) is 17.3 Å². The standard InChI is InChI=1S/C11H10BrN3/c12-9-6-14-7-10-11(9)8(5-15-10)3-1-2-4-13/h5-7,15H,2,4,13H2. The molecule has 0 aliphatic rings. The summed E-state index contributed by atoms with van der Waals surface area (Å²) in [7, 11) is 0. The summed E-state index contributed by atoms with van der Waals surface area (Å²) in [4.78, 5) is 7.21. The highest BCUT2D eigenvalue weighted by molar-refractivity contribution is 9.10. The van der Waals surface area contributed by atoms with Crippen molar-refractivity contribution < 1.29 is 0 Å². The van der Waals surface area contributed by atoms with Gasteiger partial charge < -0.3 is 10.7 Å². The number of H-pyrrole nitrogens is 1. The lowest BCUT2D eigenvalue weighted by molar-refractivity contribution is 1.03. The Hall–Kier alpha value is -1.31. The van der Waals surface area contributed by atoms with Gasteiger partial charge in [0.2, 0.25) is 0 Å². The van der Waals surface area contributed by atoms with Gasteiger partial charge in [0, 0.05) is 35.2 Å². The average Bonchev–Trinajstić information content (AvgIpc) is 2.63. The molecule has 0 fully saturated rings. The summed E-state index contributed by atoms with van der Waals surface area (Å²) in [6, 6.07) is 0. The van der Waals surface area contributed by atoms with Crippen LogP contribution in [0.3, 0.4) is 0 Å². The molecular weight excluding hydrogens is 254 g/mol. The number of hydrogen-bond acceptors (Lipinski definition) is 2. The van der Waals surface area contributed by atoms with Crippen molar-refractivity contribution in [2.75, 3.05) is 6.54 Å². The van der Waals surface area contributed by atoms with E-state index in [0.29, 0.717) is 6.54 Å². The second-order valence-electron chi connectivity index (χ2n) is 3.09.